The van der Waals surface area contributed by atoms with E-state index in [1.807, 2.05) is 23.8 Å². The standard InChI is InChI=1S/C14H16FN3/c1-3-8-16-14-17-9-10-18(14)11(2)12-6-4-5-7-13(12)15/h3-7,9-11H,1,8H2,2H3,(H,16,17). The second-order valence-electron chi connectivity index (χ2n) is 4.03. The molecule has 0 bridgehead atoms. The van der Waals surface area contributed by atoms with Crippen LogP contribution in [0.3, 0.4) is 0 Å². The Labute approximate surface area is 106 Å². The Kier molecular flexibility index (Phi) is 3.77. The minimum Gasteiger partial charge on any atom is -0.352 e. The number of rotatable bonds is 5. The molecule has 0 saturated carbocycles. The van der Waals surface area contributed by atoms with Crippen LogP contribution in [0.2, 0.25) is 0 Å². The van der Waals surface area contributed by atoms with Crippen molar-refractivity contribution in [3.63, 3.8) is 0 Å². The number of nitrogens with one attached hydrogen (secondary N) is 1. The summed E-state index contributed by atoms with van der Waals surface area (Å²) in [7, 11) is 0. The van der Waals surface area contributed by atoms with Gasteiger partial charge in [-0.15, -0.1) is 6.58 Å². The summed E-state index contributed by atoms with van der Waals surface area (Å²) in [6, 6.07) is 6.68. The molecule has 0 aliphatic carbocycles. The molecule has 0 radical (unpaired) electrons. The molecule has 1 N–H and O–H groups in total. The maximum Gasteiger partial charge on any atom is 0.203 e. The Hall–Kier alpha value is -2.10. The highest BCUT2D eigenvalue weighted by atomic mass is 19.1. The average molecular weight is 245 g/mol. The number of aromatic nitrogens is 2. The minimum atomic E-state index is -0.201. The predicted molar refractivity (Wildman–Crippen MR) is 71.1 cm³/mol. The van der Waals surface area contributed by atoms with Crippen LogP contribution < -0.4 is 5.32 Å². The van der Waals surface area contributed by atoms with Crippen LogP contribution in [-0.4, -0.2) is 16.1 Å². The van der Waals surface area contributed by atoms with Gasteiger partial charge in [-0.1, -0.05) is 24.3 Å². The third-order valence-electron chi connectivity index (χ3n) is 2.85. The molecule has 4 heteroatoms. The first-order valence-electron chi connectivity index (χ1n) is 5.86. The fourth-order valence-corrected chi connectivity index (χ4v) is 1.89. The van der Waals surface area contributed by atoms with Gasteiger partial charge in [0, 0.05) is 24.5 Å². The van der Waals surface area contributed by atoms with Crippen molar-refractivity contribution in [1.82, 2.24) is 9.55 Å². The summed E-state index contributed by atoms with van der Waals surface area (Å²) in [5.41, 5.74) is 0.650. The largest absolute Gasteiger partial charge is 0.352 e. The summed E-state index contributed by atoms with van der Waals surface area (Å²) in [6.45, 7) is 6.22. The van der Waals surface area contributed by atoms with E-state index in [0.717, 1.165) is 0 Å². The van der Waals surface area contributed by atoms with Crippen molar-refractivity contribution in [1.29, 1.82) is 0 Å². The van der Waals surface area contributed by atoms with Gasteiger partial charge >= 0.3 is 0 Å². The number of hydrogen-bond acceptors (Lipinski definition) is 2. The van der Waals surface area contributed by atoms with Gasteiger partial charge in [0.15, 0.2) is 0 Å². The van der Waals surface area contributed by atoms with Gasteiger partial charge in [0.2, 0.25) is 5.95 Å². The summed E-state index contributed by atoms with van der Waals surface area (Å²) in [4.78, 5) is 4.21. The topological polar surface area (TPSA) is 29.9 Å². The van der Waals surface area contributed by atoms with Crippen LogP contribution in [0.1, 0.15) is 18.5 Å². The van der Waals surface area contributed by atoms with Crippen molar-refractivity contribution < 1.29 is 4.39 Å². The van der Waals surface area contributed by atoms with Gasteiger partial charge in [-0.3, -0.25) is 0 Å². The summed E-state index contributed by atoms with van der Waals surface area (Å²) in [5, 5.41) is 3.12. The number of nitrogens with zero attached hydrogens (tertiary/aromatic N) is 2. The first-order chi connectivity index (χ1) is 8.74. The van der Waals surface area contributed by atoms with Crippen molar-refractivity contribution in [2.45, 2.75) is 13.0 Å². The molecule has 18 heavy (non-hydrogen) atoms. The first-order valence-corrected chi connectivity index (χ1v) is 5.86. The summed E-state index contributed by atoms with van der Waals surface area (Å²) in [5.74, 6) is 0.513. The zero-order valence-corrected chi connectivity index (χ0v) is 10.3. The average Bonchev–Trinajstić information content (AvgIpc) is 2.84. The van der Waals surface area contributed by atoms with Gasteiger partial charge in [-0.05, 0) is 13.0 Å². The number of hydrogen-bond donors (Lipinski definition) is 1. The molecule has 0 spiro atoms. The molecular weight excluding hydrogens is 229 g/mol. The SMILES string of the molecule is C=CCNc1nccn1C(C)c1ccccc1F. The third kappa shape index (κ3) is 2.42. The fraction of sp³-hybridized carbons (Fsp3) is 0.214. The van der Waals surface area contributed by atoms with Crippen molar-refractivity contribution in [2.75, 3.05) is 11.9 Å². The highest BCUT2D eigenvalue weighted by Crippen LogP contribution is 2.23. The highest BCUT2D eigenvalue weighted by molar-refractivity contribution is 5.31. The van der Waals surface area contributed by atoms with Crippen LogP contribution in [0.5, 0.6) is 0 Å². The highest BCUT2D eigenvalue weighted by Gasteiger charge is 2.14. The van der Waals surface area contributed by atoms with E-state index < -0.39 is 0 Å². The molecular formula is C14H16FN3. The van der Waals surface area contributed by atoms with Crippen LogP contribution in [-0.2, 0) is 0 Å². The van der Waals surface area contributed by atoms with Gasteiger partial charge in [-0.25, -0.2) is 9.37 Å². The van der Waals surface area contributed by atoms with E-state index in [4.69, 9.17) is 0 Å². The zero-order valence-electron chi connectivity index (χ0n) is 10.3. The van der Waals surface area contributed by atoms with Crippen molar-refractivity contribution in [2.24, 2.45) is 0 Å². The molecule has 3 nitrogen and oxygen atoms in total. The summed E-state index contributed by atoms with van der Waals surface area (Å²) < 4.78 is 15.7. The number of benzene rings is 1. The summed E-state index contributed by atoms with van der Waals surface area (Å²) in [6.07, 6.45) is 5.29. The minimum absolute atomic E-state index is 0.110. The molecule has 1 aromatic carbocycles. The molecule has 2 aromatic rings. The van der Waals surface area contributed by atoms with Crippen LogP contribution in [0.25, 0.3) is 0 Å². The monoisotopic (exact) mass is 245 g/mol. The number of imidazole rings is 1. The molecule has 1 aromatic heterocycles. The van der Waals surface area contributed by atoms with Gasteiger partial charge in [-0.2, -0.15) is 0 Å². The van der Waals surface area contributed by atoms with Crippen LogP contribution in [0.15, 0.2) is 49.3 Å². The van der Waals surface area contributed by atoms with Gasteiger partial charge in [0.25, 0.3) is 0 Å². The Morgan fingerprint density at radius 2 is 2.28 bits per heavy atom. The molecule has 1 heterocycles. The van der Waals surface area contributed by atoms with Crippen LogP contribution in [0, 0.1) is 5.82 Å². The second kappa shape index (κ2) is 5.49. The van der Waals surface area contributed by atoms with Crippen molar-refractivity contribution in [3.8, 4) is 0 Å². The van der Waals surface area contributed by atoms with E-state index in [-0.39, 0.29) is 11.9 Å². The molecule has 0 saturated heterocycles. The van der Waals surface area contributed by atoms with Gasteiger partial charge in [0.05, 0.1) is 6.04 Å². The molecule has 94 valence electrons. The van der Waals surface area contributed by atoms with E-state index in [1.54, 1.807) is 24.4 Å². The van der Waals surface area contributed by atoms with Crippen molar-refractivity contribution in [3.05, 3.63) is 60.7 Å². The van der Waals surface area contributed by atoms with E-state index in [9.17, 15) is 4.39 Å². The normalized spacial score (nSPS) is 12.1. The number of halogens is 1. The second-order valence-corrected chi connectivity index (χ2v) is 4.03. The quantitative estimate of drug-likeness (QED) is 0.820. The molecule has 0 aliphatic heterocycles. The molecule has 0 aliphatic rings. The first kappa shape index (κ1) is 12.4. The Balaban J connectivity index is 2.29. The smallest absolute Gasteiger partial charge is 0.203 e. The molecule has 1 unspecified atom stereocenters. The third-order valence-corrected chi connectivity index (χ3v) is 2.85. The predicted octanol–water partition coefficient (Wildman–Crippen LogP) is 3.23. The lowest BCUT2D eigenvalue weighted by Crippen LogP contribution is -2.12. The maximum absolute atomic E-state index is 13.7. The molecule has 2 rings (SSSR count). The van der Waals surface area contributed by atoms with E-state index >= 15 is 0 Å². The Bertz CT molecular complexity index is 533. The van der Waals surface area contributed by atoms with Crippen LogP contribution in [0.4, 0.5) is 10.3 Å². The maximum atomic E-state index is 13.7. The summed E-state index contributed by atoms with van der Waals surface area (Å²) >= 11 is 0. The Morgan fingerprint density at radius 1 is 1.50 bits per heavy atom. The molecule has 1 atom stereocenters. The number of anilines is 1. The lowest BCUT2D eigenvalue weighted by Gasteiger charge is -2.17. The van der Waals surface area contributed by atoms with Crippen molar-refractivity contribution >= 4 is 5.95 Å². The van der Waals surface area contributed by atoms with Gasteiger partial charge < -0.3 is 9.88 Å². The van der Waals surface area contributed by atoms with E-state index in [1.165, 1.54) is 6.07 Å². The van der Waals surface area contributed by atoms with Gasteiger partial charge in [0.1, 0.15) is 5.82 Å². The fourth-order valence-electron chi connectivity index (χ4n) is 1.89. The Morgan fingerprint density at radius 3 is 3.00 bits per heavy atom. The lowest BCUT2D eigenvalue weighted by atomic mass is 10.1. The molecule has 0 amide bonds. The van der Waals surface area contributed by atoms with Crippen LogP contribution >= 0.6 is 0 Å². The van der Waals surface area contributed by atoms with E-state index in [0.29, 0.717) is 18.1 Å². The van der Waals surface area contributed by atoms with E-state index in [2.05, 4.69) is 16.9 Å². The molecule has 0 fully saturated rings. The lowest BCUT2D eigenvalue weighted by molar-refractivity contribution is 0.559. The zero-order chi connectivity index (χ0) is 13.0.